The topological polar surface area (TPSA) is 44.6 Å². The predicted molar refractivity (Wildman–Crippen MR) is 28.2 cm³/mol. The van der Waals surface area contributed by atoms with Crippen molar-refractivity contribution in [2.75, 3.05) is 0 Å². The Labute approximate surface area is 42.3 Å². The Morgan fingerprint density at radius 2 is 2.57 bits per heavy atom. The second-order valence-corrected chi connectivity index (χ2v) is 1.01. The number of aliphatic imine (C=N–C) groups is 1. The molecule has 0 saturated heterocycles. The molecule has 3 nitrogen and oxygen atoms in total. The van der Waals surface area contributed by atoms with E-state index < -0.39 is 0 Å². The number of rotatable bonds is 1. The maximum atomic E-state index is 8.04. The van der Waals surface area contributed by atoms with Crippen molar-refractivity contribution in [3.8, 4) is 0 Å². The van der Waals surface area contributed by atoms with E-state index in [-0.39, 0.29) is 0 Å². The van der Waals surface area contributed by atoms with Gasteiger partial charge in [-0.25, -0.2) is 4.99 Å². The van der Waals surface area contributed by atoms with Gasteiger partial charge in [0.1, 0.15) is 5.84 Å². The Bertz CT molecular complexity index is 87.7. The van der Waals surface area contributed by atoms with E-state index in [0.717, 1.165) is 0 Å². The van der Waals surface area contributed by atoms with Gasteiger partial charge in [-0.05, 0) is 6.92 Å². The van der Waals surface area contributed by atoms with Crippen LogP contribution in [0.4, 0.5) is 0 Å². The van der Waals surface area contributed by atoms with Crippen LogP contribution in [0.5, 0.6) is 0 Å². The van der Waals surface area contributed by atoms with Gasteiger partial charge in [0.2, 0.25) is 0 Å². The molecule has 0 heterocycles. The molecule has 0 aliphatic rings. The van der Waals surface area contributed by atoms with Gasteiger partial charge in [-0.3, -0.25) is 10.7 Å². The average Bonchev–Trinajstić information content (AvgIpc) is 1.68. The van der Waals surface area contributed by atoms with E-state index >= 15 is 0 Å². The van der Waals surface area contributed by atoms with Gasteiger partial charge in [0.05, 0.1) is 0 Å². The fourth-order valence-corrected chi connectivity index (χ4v) is 0.166. The van der Waals surface area contributed by atoms with Gasteiger partial charge in [-0.2, -0.15) is 0 Å². The second-order valence-electron chi connectivity index (χ2n) is 1.01. The largest absolute Gasteiger partial charge is 0.290 e. The zero-order chi connectivity index (χ0) is 5.70. The molecule has 0 aromatic carbocycles. The third-order valence-electron chi connectivity index (χ3n) is 0.447. The van der Waals surface area contributed by atoms with E-state index in [1.165, 1.54) is 6.20 Å². The highest BCUT2D eigenvalue weighted by Gasteiger charge is 1.75. The molecule has 0 aliphatic carbocycles. The van der Waals surface area contributed by atoms with Crippen LogP contribution in [0.3, 0.4) is 0 Å². The molecule has 0 aliphatic heterocycles. The van der Waals surface area contributed by atoms with E-state index in [1.807, 2.05) is 5.48 Å². The van der Waals surface area contributed by atoms with Crippen LogP contribution in [0.15, 0.2) is 17.8 Å². The highest BCUT2D eigenvalue weighted by Crippen LogP contribution is 1.68. The fourth-order valence-electron chi connectivity index (χ4n) is 0.166. The smallest absolute Gasteiger partial charge is 0.122 e. The number of nitrogens with zero attached hydrogens (tertiary/aromatic N) is 1. The van der Waals surface area contributed by atoms with Crippen molar-refractivity contribution in [3.05, 3.63) is 12.8 Å². The summed E-state index contributed by atoms with van der Waals surface area (Å²) >= 11 is 0. The summed E-state index contributed by atoms with van der Waals surface area (Å²) in [6, 6.07) is 0. The summed E-state index contributed by atoms with van der Waals surface area (Å²) in [4.78, 5) is 3.56. The summed E-state index contributed by atoms with van der Waals surface area (Å²) in [5.41, 5.74) is 1.84. The van der Waals surface area contributed by atoms with Crippen LogP contribution in [-0.2, 0) is 0 Å². The molecule has 0 aromatic heterocycles. The van der Waals surface area contributed by atoms with Crippen LogP contribution < -0.4 is 5.48 Å². The van der Waals surface area contributed by atoms with Crippen LogP contribution in [0.25, 0.3) is 0 Å². The van der Waals surface area contributed by atoms with Gasteiger partial charge in [-0.1, -0.05) is 6.58 Å². The highest BCUT2D eigenvalue weighted by atomic mass is 16.5. The molecule has 3 heteroatoms. The lowest BCUT2D eigenvalue weighted by molar-refractivity contribution is 0.234. The van der Waals surface area contributed by atoms with Crippen molar-refractivity contribution < 1.29 is 5.21 Å². The lowest BCUT2D eigenvalue weighted by Gasteiger charge is -1.89. The molecule has 0 rings (SSSR count). The molecule has 0 saturated carbocycles. The van der Waals surface area contributed by atoms with E-state index in [4.69, 9.17) is 5.21 Å². The van der Waals surface area contributed by atoms with E-state index in [9.17, 15) is 0 Å². The zero-order valence-corrected chi connectivity index (χ0v) is 4.18. The zero-order valence-electron chi connectivity index (χ0n) is 4.18. The highest BCUT2D eigenvalue weighted by molar-refractivity contribution is 5.78. The van der Waals surface area contributed by atoms with Gasteiger partial charge >= 0.3 is 0 Å². The normalized spacial score (nSPS) is 10.9. The van der Waals surface area contributed by atoms with Crippen molar-refractivity contribution in [2.24, 2.45) is 4.99 Å². The summed E-state index contributed by atoms with van der Waals surface area (Å²) in [7, 11) is 0. The molecule has 0 spiro atoms. The van der Waals surface area contributed by atoms with Crippen molar-refractivity contribution in [2.45, 2.75) is 6.92 Å². The Morgan fingerprint density at radius 1 is 2.00 bits per heavy atom. The molecule has 0 aromatic rings. The quantitative estimate of drug-likeness (QED) is 0.287. The van der Waals surface area contributed by atoms with E-state index in [0.29, 0.717) is 5.84 Å². The Hall–Kier alpha value is -0.830. The van der Waals surface area contributed by atoms with E-state index in [2.05, 4.69) is 11.6 Å². The third-order valence-corrected chi connectivity index (χ3v) is 0.447. The first kappa shape index (κ1) is 6.17. The number of hydrogen-bond acceptors (Lipinski definition) is 2. The van der Waals surface area contributed by atoms with Gasteiger partial charge in [0.25, 0.3) is 0 Å². The lowest BCUT2D eigenvalue weighted by atomic mass is 10.7. The molecule has 0 atom stereocenters. The first-order chi connectivity index (χ1) is 3.31. The minimum absolute atomic E-state index is 0.440. The summed E-state index contributed by atoms with van der Waals surface area (Å²) < 4.78 is 0. The molecule has 0 bridgehead atoms. The molecule has 0 fully saturated rings. The molecule has 2 N–H and O–H groups in total. The second kappa shape index (κ2) is 3.36. The fraction of sp³-hybridized carbons (Fsp3) is 0.250. The van der Waals surface area contributed by atoms with Crippen molar-refractivity contribution in [1.82, 2.24) is 5.48 Å². The van der Waals surface area contributed by atoms with Crippen molar-refractivity contribution in [3.63, 3.8) is 0 Å². The number of hydroxylamine groups is 1. The Morgan fingerprint density at radius 3 is 2.71 bits per heavy atom. The summed E-state index contributed by atoms with van der Waals surface area (Å²) in [6.07, 6.45) is 1.35. The minimum Gasteiger partial charge on any atom is -0.290 e. The molecule has 7 heavy (non-hydrogen) atoms. The molecule has 0 amide bonds. The van der Waals surface area contributed by atoms with Crippen LogP contribution in [0.2, 0.25) is 0 Å². The van der Waals surface area contributed by atoms with Crippen molar-refractivity contribution in [1.29, 1.82) is 0 Å². The lowest BCUT2D eigenvalue weighted by Crippen LogP contribution is -2.13. The van der Waals surface area contributed by atoms with Gasteiger partial charge in [-0.15, -0.1) is 0 Å². The average molecular weight is 100 g/mol. The summed E-state index contributed by atoms with van der Waals surface area (Å²) in [5.74, 6) is 0.440. The molecular formula is C4H8N2O. The van der Waals surface area contributed by atoms with Crippen molar-refractivity contribution >= 4 is 5.84 Å². The molecule has 0 radical (unpaired) electrons. The monoisotopic (exact) mass is 100 g/mol. The van der Waals surface area contributed by atoms with Gasteiger partial charge in [0.15, 0.2) is 0 Å². The Balaban J connectivity index is 3.49. The number of amidine groups is 1. The predicted octanol–water partition coefficient (Wildman–Crippen LogP) is 0.527. The third kappa shape index (κ3) is 2.99. The first-order valence-electron chi connectivity index (χ1n) is 1.86. The molecule has 40 valence electrons. The number of hydrogen-bond donors (Lipinski definition) is 2. The minimum atomic E-state index is 0.440. The van der Waals surface area contributed by atoms with Crippen LogP contribution in [0.1, 0.15) is 6.92 Å². The summed E-state index contributed by atoms with van der Waals surface area (Å²) in [6.45, 7) is 4.94. The van der Waals surface area contributed by atoms with Gasteiger partial charge < -0.3 is 0 Å². The standard InChI is InChI=1S/C4H8N2O/c1-3-5-4(2)6-7/h3,7H,1H2,2H3,(H,5,6). The Kier molecular flexibility index (Phi) is 2.96. The summed E-state index contributed by atoms with van der Waals surface area (Å²) in [5, 5.41) is 8.04. The van der Waals surface area contributed by atoms with Crippen LogP contribution >= 0.6 is 0 Å². The molecular weight excluding hydrogens is 92.1 g/mol. The maximum Gasteiger partial charge on any atom is 0.122 e. The maximum absolute atomic E-state index is 8.04. The van der Waals surface area contributed by atoms with Gasteiger partial charge in [0, 0.05) is 6.20 Å². The van der Waals surface area contributed by atoms with E-state index in [1.54, 1.807) is 6.92 Å². The first-order valence-corrected chi connectivity index (χ1v) is 1.86. The SMILES string of the molecule is C=CN=C(C)NO. The van der Waals surface area contributed by atoms with Crippen LogP contribution in [0, 0.1) is 0 Å². The molecule has 0 unspecified atom stereocenters. The van der Waals surface area contributed by atoms with Crippen LogP contribution in [-0.4, -0.2) is 11.0 Å². The number of nitrogens with one attached hydrogen (secondary N) is 1.